The van der Waals surface area contributed by atoms with Gasteiger partial charge >= 0.3 is 0 Å². The van der Waals surface area contributed by atoms with Gasteiger partial charge in [-0.25, -0.2) is 0 Å². The lowest BCUT2D eigenvalue weighted by Crippen LogP contribution is -2.02. The van der Waals surface area contributed by atoms with E-state index in [2.05, 4.69) is 21.2 Å². The predicted octanol–water partition coefficient (Wildman–Crippen LogP) is 3.98. The number of nitro benzene ring substituents is 1. The van der Waals surface area contributed by atoms with Gasteiger partial charge in [0.25, 0.3) is 5.69 Å². The number of ether oxygens (including phenoxy) is 1. The highest BCUT2D eigenvalue weighted by molar-refractivity contribution is 9.10. The molecule has 5 nitrogen and oxygen atoms in total. The van der Waals surface area contributed by atoms with E-state index in [4.69, 9.17) is 4.74 Å². The molecule has 20 heavy (non-hydrogen) atoms. The quantitative estimate of drug-likeness (QED) is 0.662. The van der Waals surface area contributed by atoms with Crippen molar-refractivity contribution in [2.24, 2.45) is 0 Å². The zero-order chi connectivity index (χ0) is 14.5. The lowest BCUT2D eigenvalue weighted by molar-refractivity contribution is -0.384. The first kappa shape index (κ1) is 14.3. The SMILES string of the molecule is CNc1ccc([N+](=O)[O-])cc1COc1ccccc1Br. The average molecular weight is 337 g/mol. The molecule has 0 saturated heterocycles. The number of non-ortho nitro benzene ring substituents is 1. The van der Waals surface area contributed by atoms with Crippen LogP contribution in [0.1, 0.15) is 5.56 Å². The lowest BCUT2D eigenvalue weighted by atomic mass is 10.1. The largest absolute Gasteiger partial charge is 0.488 e. The first-order chi connectivity index (χ1) is 9.61. The standard InChI is InChI=1S/C14H13BrN2O3/c1-16-13-7-6-11(17(18)19)8-10(13)9-20-14-5-3-2-4-12(14)15/h2-8,16H,9H2,1H3. The highest BCUT2D eigenvalue weighted by Gasteiger charge is 2.11. The third kappa shape index (κ3) is 3.27. The van der Waals surface area contributed by atoms with Crippen LogP contribution in [0, 0.1) is 10.1 Å². The summed E-state index contributed by atoms with van der Waals surface area (Å²) in [6.45, 7) is 0.250. The second-order valence-electron chi connectivity index (χ2n) is 4.07. The summed E-state index contributed by atoms with van der Waals surface area (Å²) in [4.78, 5) is 10.4. The van der Waals surface area contributed by atoms with Gasteiger partial charge in [-0.2, -0.15) is 0 Å². The minimum atomic E-state index is -0.415. The molecule has 2 rings (SSSR count). The minimum absolute atomic E-state index is 0.0507. The molecule has 0 fully saturated rings. The zero-order valence-electron chi connectivity index (χ0n) is 10.8. The van der Waals surface area contributed by atoms with E-state index < -0.39 is 4.92 Å². The van der Waals surface area contributed by atoms with Crippen LogP contribution in [0.2, 0.25) is 0 Å². The topological polar surface area (TPSA) is 64.4 Å². The molecule has 0 aliphatic carbocycles. The van der Waals surface area contributed by atoms with Crippen molar-refractivity contribution in [1.29, 1.82) is 0 Å². The molecule has 0 radical (unpaired) electrons. The maximum Gasteiger partial charge on any atom is 0.269 e. The van der Waals surface area contributed by atoms with Crippen LogP contribution >= 0.6 is 15.9 Å². The van der Waals surface area contributed by atoms with Gasteiger partial charge in [-0.05, 0) is 34.1 Å². The Balaban J connectivity index is 2.22. The zero-order valence-corrected chi connectivity index (χ0v) is 12.4. The van der Waals surface area contributed by atoms with Crippen molar-refractivity contribution < 1.29 is 9.66 Å². The molecule has 6 heteroatoms. The Labute approximate surface area is 124 Å². The first-order valence-corrected chi connectivity index (χ1v) is 6.73. The van der Waals surface area contributed by atoms with E-state index >= 15 is 0 Å². The van der Waals surface area contributed by atoms with Crippen LogP contribution in [0.5, 0.6) is 5.75 Å². The molecule has 0 bridgehead atoms. The second kappa shape index (κ2) is 6.38. The molecule has 2 aromatic rings. The first-order valence-electron chi connectivity index (χ1n) is 5.94. The fourth-order valence-corrected chi connectivity index (χ4v) is 2.17. The van der Waals surface area contributed by atoms with Crippen LogP contribution in [0.15, 0.2) is 46.9 Å². The van der Waals surface area contributed by atoms with E-state index in [0.717, 1.165) is 15.7 Å². The molecule has 0 unspecified atom stereocenters. The molecule has 0 aliphatic rings. The van der Waals surface area contributed by atoms with Gasteiger partial charge in [0.15, 0.2) is 0 Å². The molecule has 0 atom stereocenters. The van der Waals surface area contributed by atoms with Crippen molar-refractivity contribution in [2.75, 3.05) is 12.4 Å². The van der Waals surface area contributed by atoms with E-state index in [1.54, 1.807) is 13.1 Å². The van der Waals surface area contributed by atoms with Gasteiger partial charge in [-0.3, -0.25) is 10.1 Å². The van der Waals surface area contributed by atoms with Crippen LogP contribution in [0.4, 0.5) is 11.4 Å². The highest BCUT2D eigenvalue weighted by atomic mass is 79.9. The summed E-state index contributed by atoms with van der Waals surface area (Å²) in [7, 11) is 1.77. The van der Waals surface area contributed by atoms with Crippen LogP contribution < -0.4 is 10.1 Å². The molecular formula is C14H13BrN2O3. The number of anilines is 1. The number of hydrogen-bond acceptors (Lipinski definition) is 4. The third-order valence-corrected chi connectivity index (χ3v) is 3.44. The predicted molar refractivity (Wildman–Crippen MR) is 81.1 cm³/mol. The Morgan fingerprint density at radius 1 is 1.30 bits per heavy atom. The number of nitro groups is 1. The molecule has 0 saturated carbocycles. The van der Waals surface area contributed by atoms with Crippen molar-refractivity contribution in [2.45, 2.75) is 6.61 Å². The average Bonchev–Trinajstić information content (AvgIpc) is 2.46. The summed E-state index contributed by atoms with van der Waals surface area (Å²) in [6, 6.07) is 12.1. The number of nitrogens with one attached hydrogen (secondary N) is 1. The molecule has 0 heterocycles. The minimum Gasteiger partial charge on any atom is -0.488 e. The summed E-state index contributed by atoms with van der Waals surface area (Å²) in [5.74, 6) is 0.695. The lowest BCUT2D eigenvalue weighted by Gasteiger charge is -2.11. The van der Waals surface area contributed by atoms with E-state index in [1.807, 2.05) is 24.3 Å². The fraction of sp³-hybridized carbons (Fsp3) is 0.143. The van der Waals surface area contributed by atoms with Gasteiger partial charge in [-0.1, -0.05) is 12.1 Å². The summed E-state index contributed by atoms with van der Waals surface area (Å²) in [6.07, 6.45) is 0. The molecular weight excluding hydrogens is 324 g/mol. The van der Waals surface area contributed by atoms with E-state index in [1.165, 1.54) is 12.1 Å². The fourth-order valence-electron chi connectivity index (χ4n) is 1.77. The van der Waals surface area contributed by atoms with Crippen LogP contribution in [0.3, 0.4) is 0 Å². The van der Waals surface area contributed by atoms with Crippen LogP contribution in [0.25, 0.3) is 0 Å². The number of para-hydroxylation sites is 1. The van der Waals surface area contributed by atoms with Gasteiger partial charge in [0.1, 0.15) is 12.4 Å². The second-order valence-corrected chi connectivity index (χ2v) is 4.92. The normalized spacial score (nSPS) is 10.1. The maximum atomic E-state index is 10.8. The Hall–Kier alpha value is -2.08. The Morgan fingerprint density at radius 2 is 2.05 bits per heavy atom. The summed E-state index contributed by atoms with van der Waals surface area (Å²) < 4.78 is 6.53. The van der Waals surface area contributed by atoms with Gasteiger partial charge in [0.05, 0.1) is 9.40 Å². The van der Waals surface area contributed by atoms with Gasteiger partial charge < -0.3 is 10.1 Å². The number of nitrogens with zero attached hydrogens (tertiary/aromatic N) is 1. The molecule has 104 valence electrons. The molecule has 0 spiro atoms. The summed E-state index contributed by atoms with van der Waals surface area (Å²) in [5, 5.41) is 13.8. The third-order valence-electron chi connectivity index (χ3n) is 2.79. The number of rotatable bonds is 5. The van der Waals surface area contributed by atoms with Gasteiger partial charge in [0.2, 0.25) is 0 Å². The number of hydrogen-bond donors (Lipinski definition) is 1. The van der Waals surface area contributed by atoms with Crippen LogP contribution in [-0.2, 0) is 6.61 Å². The van der Waals surface area contributed by atoms with Crippen LogP contribution in [-0.4, -0.2) is 12.0 Å². The van der Waals surface area contributed by atoms with E-state index in [9.17, 15) is 10.1 Å². The van der Waals surface area contributed by atoms with E-state index in [0.29, 0.717) is 5.75 Å². The number of halogens is 1. The monoisotopic (exact) mass is 336 g/mol. The van der Waals surface area contributed by atoms with Crippen molar-refractivity contribution in [3.8, 4) is 5.75 Å². The van der Waals surface area contributed by atoms with Crippen molar-refractivity contribution in [1.82, 2.24) is 0 Å². The van der Waals surface area contributed by atoms with Crippen molar-refractivity contribution >= 4 is 27.3 Å². The highest BCUT2D eigenvalue weighted by Crippen LogP contribution is 2.27. The number of benzene rings is 2. The van der Waals surface area contributed by atoms with E-state index in [-0.39, 0.29) is 12.3 Å². The van der Waals surface area contributed by atoms with Crippen molar-refractivity contribution in [3.63, 3.8) is 0 Å². The molecule has 2 aromatic carbocycles. The Morgan fingerprint density at radius 3 is 2.70 bits per heavy atom. The maximum absolute atomic E-state index is 10.8. The molecule has 0 amide bonds. The molecule has 0 aromatic heterocycles. The van der Waals surface area contributed by atoms with Gasteiger partial charge in [0, 0.05) is 30.4 Å². The molecule has 1 N–H and O–H groups in total. The summed E-state index contributed by atoms with van der Waals surface area (Å²) >= 11 is 3.39. The van der Waals surface area contributed by atoms with Gasteiger partial charge in [-0.15, -0.1) is 0 Å². The Kier molecular flexibility index (Phi) is 4.57. The summed E-state index contributed by atoms with van der Waals surface area (Å²) in [5.41, 5.74) is 1.59. The smallest absolute Gasteiger partial charge is 0.269 e. The van der Waals surface area contributed by atoms with Crippen molar-refractivity contribution in [3.05, 3.63) is 62.6 Å². The Bertz CT molecular complexity index is 632. The molecule has 0 aliphatic heterocycles.